The summed E-state index contributed by atoms with van der Waals surface area (Å²) in [6.45, 7) is -0.534. The quantitative estimate of drug-likeness (QED) is 0.653. The Kier molecular flexibility index (Phi) is 3.62. The third kappa shape index (κ3) is 2.38. The molecule has 3 N–H and O–H groups in total. The number of hydrogen-bond acceptors (Lipinski definition) is 4. The monoisotopic (exact) mass is 203 g/mol. The summed E-state index contributed by atoms with van der Waals surface area (Å²) in [4.78, 5) is 3.79. The highest BCUT2D eigenvalue weighted by Crippen LogP contribution is 2.22. The smallest absolute Gasteiger partial charge is 0.125 e. The first kappa shape index (κ1) is 10.4. The molecular weight excluding hydrogens is 194 g/mol. The van der Waals surface area contributed by atoms with Gasteiger partial charge in [-0.2, -0.15) is 0 Å². The summed E-state index contributed by atoms with van der Waals surface area (Å²) in [6.07, 6.45) is -1.06. The average Bonchev–Trinajstić information content (AvgIpc) is 2.16. The Morgan fingerprint density at radius 3 is 2.69 bits per heavy atom. The lowest BCUT2D eigenvalue weighted by atomic mass is 10.1. The van der Waals surface area contributed by atoms with Crippen LogP contribution in [-0.2, 0) is 0 Å². The molecule has 0 aliphatic heterocycles. The van der Waals surface area contributed by atoms with E-state index in [0.29, 0.717) is 0 Å². The Morgan fingerprint density at radius 1 is 1.46 bits per heavy atom. The van der Waals surface area contributed by atoms with E-state index in [9.17, 15) is 5.11 Å². The molecule has 1 rings (SSSR count). The van der Waals surface area contributed by atoms with Crippen LogP contribution in [0, 0.1) is 0 Å². The van der Waals surface area contributed by atoms with Gasteiger partial charge >= 0.3 is 0 Å². The Labute approximate surface area is 80.4 Å². The van der Waals surface area contributed by atoms with Crippen molar-refractivity contribution in [2.45, 2.75) is 12.2 Å². The van der Waals surface area contributed by atoms with Crippen LogP contribution in [0.5, 0.6) is 0 Å². The third-order valence-corrected chi connectivity index (χ3v) is 1.94. The zero-order valence-corrected chi connectivity index (χ0v) is 7.52. The van der Waals surface area contributed by atoms with Crippen LogP contribution in [0.2, 0.25) is 5.02 Å². The highest BCUT2D eigenvalue weighted by atomic mass is 35.5. The highest BCUT2D eigenvalue weighted by molar-refractivity contribution is 6.31. The SMILES string of the molecule is OCC(O)C(O)c1ncccc1Cl. The van der Waals surface area contributed by atoms with Gasteiger partial charge < -0.3 is 15.3 Å². The van der Waals surface area contributed by atoms with E-state index in [0.717, 1.165) is 0 Å². The van der Waals surface area contributed by atoms with Crippen molar-refractivity contribution in [3.8, 4) is 0 Å². The zero-order chi connectivity index (χ0) is 9.84. The second-order valence-electron chi connectivity index (χ2n) is 2.57. The van der Waals surface area contributed by atoms with Crippen molar-refractivity contribution < 1.29 is 15.3 Å². The van der Waals surface area contributed by atoms with Gasteiger partial charge in [-0.25, -0.2) is 0 Å². The molecule has 72 valence electrons. The Hall–Kier alpha value is -0.680. The molecule has 1 heterocycles. The summed E-state index contributed by atoms with van der Waals surface area (Å²) in [5, 5.41) is 27.4. The molecular formula is C8H10ClNO3. The van der Waals surface area contributed by atoms with Crippen LogP contribution in [0.15, 0.2) is 18.3 Å². The van der Waals surface area contributed by atoms with Crippen LogP contribution >= 0.6 is 11.6 Å². The van der Waals surface area contributed by atoms with Crippen LogP contribution in [0.1, 0.15) is 11.8 Å². The number of halogens is 1. The van der Waals surface area contributed by atoms with Gasteiger partial charge in [0.25, 0.3) is 0 Å². The molecule has 0 bridgehead atoms. The van der Waals surface area contributed by atoms with E-state index in [1.165, 1.54) is 6.20 Å². The van der Waals surface area contributed by atoms with Crippen LogP contribution < -0.4 is 0 Å². The molecule has 0 saturated carbocycles. The van der Waals surface area contributed by atoms with Crippen LogP contribution in [0.3, 0.4) is 0 Å². The number of rotatable bonds is 3. The predicted molar refractivity (Wildman–Crippen MR) is 47.3 cm³/mol. The van der Waals surface area contributed by atoms with Crippen molar-refractivity contribution in [1.29, 1.82) is 0 Å². The number of aliphatic hydroxyl groups is 3. The van der Waals surface area contributed by atoms with Gasteiger partial charge in [-0.05, 0) is 12.1 Å². The predicted octanol–water partition coefficient (Wildman–Crippen LogP) is 0.122. The largest absolute Gasteiger partial charge is 0.394 e. The zero-order valence-electron chi connectivity index (χ0n) is 6.76. The van der Waals surface area contributed by atoms with E-state index in [-0.39, 0.29) is 10.7 Å². The summed E-state index contributed by atoms with van der Waals surface area (Å²) < 4.78 is 0. The molecule has 0 aliphatic carbocycles. The lowest BCUT2D eigenvalue weighted by Crippen LogP contribution is -2.23. The molecule has 0 fully saturated rings. The second-order valence-corrected chi connectivity index (χ2v) is 2.97. The van der Waals surface area contributed by atoms with Gasteiger partial charge in [0.15, 0.2) is 0 Å². The fourth-order valence-electron chi connectivity index (χ4n) is 0.898. The molecule has 1 aromatic rings. The lowest BCUT2D eigenvalue weighted by Gasteiger charge is -2.15. The number of nitrogens with zero attached hydrogens (tertiary/aromatic N) is 1. The van der Waals surface area contributed by atoms with Crippen molar-refractivity contribution in [2.75, 3.05) is 6.61 Å². The van der Waals surface area contributed by atoms with E-state index in [1.807, 2.05) is 0 Å². The molecule has 2 atom stereocenters. The van der Waals surface area contributed by atoms with E-state index >= 15 is 0 Å². The minimum Gasteiger partial charge on any atom is -0.394 e. The van der Waals surface area contributed by atoms with Gasteiger partial charge in [-0.1, -0.05) is 11.6 Å². The minimum atomic E-state index is -1.26. The molecule has 1 aromatic heterocycles. The molecule has 5 heteroatoms. The maximum Gasteiger partial charge on any atom is 0.125 e. The van der Waals surface area contributed by atoms with Gasteiger partial charge in [0.2, 0.25) is 0 Å². The first-order valence-corrected chi connectivity index (χ1v) is 4.12. The van der Waals surface area contributed by atoms with Gasteiger partial charge in [-0.15, -0.1) is 0 Å². The van der Waals surface area contributed by atoms with E-state index < -0.39 is 18.8 Å². The van der Waals surface area contributed by atoms with Crippen LogP contribution in [-0.4, -0.2) is 33.0 Å². The van der Waals surface area contributed by atoms with E-state index in [1.54, 1.807) is 12.1 Å². The van der Waals surface area contributed by atoms with Crippen molar-refractivity contribution in [3.05, 3.63) is 29.0 Å². The fraction of sp³-hybridized carbons (Fsp3) is 0.375. The lowest BCUT2D eigenvalue weighted by molar-refractivity contribution is -0.0172. The van der Waals surface area contributed by atoms with E-state index in [2.05, 4.69) is 4.98 Å². The molecule has 0 aromatic carbocycles. The van der Waals surface area contributed by atoms with Gasteiger partial charge in [0.1, 0.15) is 12.2 Å². The molecule has 0 spiro atoms. The molecule has 2 unspecified atom stereocenters. The average molecular weight is 204 g/mol. The first-order chi connectivity index (χ1) is 6.16. The highest BCUT2D eigenvalue weighted by Gasteiger charge is 2.20. The Morgan fingerprint density at radius 2 is 2.15 bits per heavy atom. The van der Waals surface area contributed by atoms with Crippen LogP contribution in [0.4, 0.5) is 0 Å². The first-order valence-electron chi connectivity index (χ1n) is 3.74. The molecule has 0 saturated heterocycles. The maximum atomic E-state index is 9.41. The summed E-state index contributed by atoms with van der Waals surface area (Å²) in [7, 11) is 0. The van der Waals surface area contributed by atoms with Crippen molar-refractivity contribution >= 4 is 11.6 Å². The third-order valence-electron chi connectivity index (χ3n) is 1.62. The number of pyridine rings is 1. The maximum absolute atomic E-state index is 9.41. The second kappa shape index (κ2) is 4.53. The molecule has 13 heavy (non-hydrogen) atoms. The van der Waals surface area contributed by atoms with Gasteiger partial charge in [0, 0.05) is 6.20 Å². The fourth-order valence-corrected chi connectivity index (χ4v) is 1.13. The van der Waals surface area contributed by atoms with Gasteiger partial charge in [0.05, 0.1) is 17.3 Å². The normalized spacial score (nSPS) is 15.4. The summed E-state index contributed by atoms with van der Waals surface area (Å²) >= 11 is 5.70. The topological polar surface area (TPSA) is 73.6 Å². The molecule has 0 aliphatic rings. The van der Waals surface area contributed by atoms with Crippen molar-refractivity contribution in [3.63, 3.8) is 0 Å². The Balaban J connectivity index is 2.88. The van der Waals surface area contributed by atoms with Crippen LogP contribution in [0.25, 0.3) is 0 Å². The minimum absolute atomic E-state index is 0.172. The summed E-state index contributed by atoms with van der Waals surface area (Å²) in [5.41, 5.74) is 0.172. The van der Waals surface area contributed by atoms with Crippen molar-refractivity contribution in [2.24, 2.45) is 0 Å². The summed E-state index contributed by atoms with van der Waals surface area (Å²) in [6, 6.07) is 3.17. The van der Waals surface area contributed by atoms with Crippen molar-refractivity contribution in [1.82, 2.24) is 4.98 Å². The Bertz CT molecular complexity index is 282. The summed E-state index contributed by atoms with van der Waals surface area (Å²) in [5.74, 6) is 0. The molecule has 0 amide bonds. The van der Waals surface area contributed by atoms with E-state index in [4.69, 9.17) is 21.8 Å². The number of aliphatic hydroxyl groups excluding tert-OH is 3. The number of hydrogen-bond donors (Lipinski definition) is 3. The molecule has 0 radical (unpaired) electrons. The van der Waals surface area contributed by atoms with Gasteiger partial charge in [-0.3, -0.25) is 4.98 Å². The standard InChI is InChI=1S/C8H10ClNO3/c9-5-2-1-3-10-7(5)8(13)6(12)4-11/h1-3,6,8,11-13H,4H2. The number of aromatic nitrogens is 1. The molecule has 4 nitrogen and oxygen atoms in total.